The molecule has 1 fully saturated rings. The van der Waals surface area contributed by atoms with E-state index in [0.29, 0.717) is 10.7 Å². The molecule has 0 atom stereocenters. The molecule has 0 radical (unpaired) electrons. The molecule has 5 heteroatoms. The van der Waals surface area contributed by atoms with E-state index < -0.39 is 0 Å². The maximum absolute atomic E-state index is 11.9. The van der Waals surface area contributed by atoms with Crippen molar-refractivity contribution in [2.45, 2.75) is 19.3 Å². The number of carbonyl (C=O) groups is 1. The van der Waals surface area contributed by atoms with Gasteiger partial charge in [-0.05, 0) is 31.4 Å². The smallest absolute Gasteiger partial charge is 0.321 e. The molecule has 0 bridgehead atoms. The molecule has 0 spiro atoms. The fourth-order valence-corrected chi connectivity index (χ4v) is 2.12. The first-order chi connectivity index (χ1) is 8.16. The number of halogens is 1. The van der Waals surface area contributed by atoms with Crippen molar-refractivity contribution in [2.24, 2.45) is 0 Å². The molecule has 0 aliphatic carbocycles. The van der Waals surface area contributed by atoms with E-state index in [1.807, 2.05) is 0 Å². The van der Waals surface area contributed by atoms with Crippen LogP contribution in [0.5, 0.6) is 5.75 Å². The van der Waals surface area contributed by atoms with Crippen LogP contribution in [0.1, 0.15) is 19.3 Å². The normalized spacial score (nSPS) is 15.7. The highest BCUT2D eigenvalue weighted by Crippen LogP contribution is 2.26. The molecule has 2 N–H and O–H groups in total. The molecule has 1 aromatic carbocycles. The summed E-state index contributed by atoms with van der Waals surface area (Å²) in [5.41, 5.74) is 0.528. The van der Waals surface area contributed by atoms with E-state index >= 15 is 0 Å². The number of phenols is 1. The Balaban J connectivity index is 2.02. The van der Waals surface area contributed by atoms with Gasteiger partial charge >= 0.3 is 6.03 Å². The van der Waals surface area contributed by atoms with Crippen LogP contribution in [0.4, 0.5) is 10.5 Å². The molecule has 4 nitrogen and oxygen atoms in total. The molecule has 0 saturated carbocycles. The Morgan fingerprint density at radius 2 is 2.00 bits per heavy atom. The minimum absolute atomic E-state index is 0.0889. The predicted molar refractivity (Wildman–Crippen MR) is 67.6 cm³/mol. The third kappa shape index (κ3) is 3.03. The molecule has 0 unspecified atom stereocenters. The average molecular weight is 255 g/mol. The number of aromatic hydroxyl groups is 1. The highest BCUT2D eigenvalue weighted by atomic mass is 35.5. The van der Waals surface area contributed by atoms with E-state index in [-0.39, 0.29) is 11.8 Å². The van der Waals surface area contributed by atoms with Crippen LogP contribution in [0.3, 0.4) is 0 Å². The number of nitrogens with one attached hydrogen (secondary N) is 1. The number of amides is 2. The largest absolute Gasteiger partial charge is 0.508 e. The molecule has 2 rings (SSSR count). The first-order valence-electron chi connectivity index (χ1n) is 5.71. The Hall–Kier alpha value is -1.42. The summed E-state index contributed by atoms with van der Waals surface area (Å²) < 4.78 is 0. The first kappa shape index (κ1) is 12.0. The quantitative estimate of drug-likeness (QED) is 0.757. The zero-order valence-electron chi connectivity index (χ0n) is 9.45. The minimum atomic E-state index is -0.128. The van der Waals surface area contributed by atoms with Gasteiger partial charge in [0.2, 0.25) is 0 Å². The van der Waals surface area contributed by atoms with Crippen molar-refractivity contribution in [3.8, 4) is 5.75 Å². The molecule has 92 valence electrons. The second-order valence-electron chi connectivity index (χ2n) is 4.14. The van der Waals surface area contributed by atoms with Crippen molar-refractivity contribution in [1.29, 1.82) is 0 Å². The molecule has 2 amide bonds. The van der Waals surface area contributed by atoms with Gasteiger partial charge in [0.25, 0.3) is 0 Å². The van der Waals surface area contributed by atoms with Crippen LogP contribution in [-0.4, -0.2) is 29.1 Å². The van der Waals surface area contributed by atoms with Crippen molar-refractivity contribution in [3.63, 3.8) is 0 Å². The van der Waals surface area contributed by atoms with Crippen LogP contribution in [-0.2, 0) is 0 Å². The van der Waals surface area contributed by atoms with E-state index in [4.69, 9.17) is 11.6 Å². The summed E-state index contributed by atoms with van der Waals surface area (Å²) >= 11 is 5.92. The van der Waals surface area contributed by atoms with Crippen molar-refractivity contribution in [3.05, 3.63) is 23.2 Å². The standard InChI is InChI=1S/C12H15ClN2O2/c13-10-8-9(16)4-5-11(10)14-12(17)15-6-2-1-3-7-15/h4-5,8,16H,1-3,6-7H2,(H,14,17). The Kier molecular flexibility index (Phi) is 3.74. The van der Waals surface area contributed by atoms with E-state index in [9.17, 15) is 9.90 Å². The number of phenolic OH excluding ortho intramolecular Hbond substituents is 1. The molecule has 0 aromatic heterocycles. The van der Waals surface area contributed by atoms with Crippen molar-refractivity contribution in [2.75, 3.05) is 18.4 Å². The maximum Gasteiger partial charge on any atom is 0.321 e. The van der Waals surface area contributed by atoms with Crippen LogP contribution >= 0.6 is 11.6 Å². The van der Waals surface area contributed by atoms with Crippen LogP contribution in [0.2, 0.25) is 5.02 Å². The van der Waals surface area contributed by atoms with Gasteiger partial charge in [-0.25, -0.2) is 4.79 Å². The van der Waals surface area contributed by atoms with Crippen molar-refractivity contribution in [1.82, 2.24) is 4.90 Å². The molecule has 1 aromatic rings. The molecule has 1 aliphatic rings. The molecular weight excluding hydrogens is 240 g/mol. The van der Waals surface area contributed by atoms with Gasteiger partial charge in [0.1, 0.15) is 5.75 Å². The van der Waals surface area contributed by atoms with E-state index in [0.717, 1.165) is 25.9 Å². The van der Waals surface area contributed by atoms with Crippen LogP contribution in [0.15, 0.2) is 18.2 Å². The van der Waals surface area contributed by atoms with Crippen LogP contribution in [0, 0.1) is 0 Å². The Bertz CT molecular complexity index is 417. The second kappa shape index (κ2) is 5.27. The number of rotatable bonds is 1. The van der Waals surface area contributed by atoms with Gasteiger partial charge < -0.3 is 15.3 Å². The van der Waals surface area contributed by atoms with Gasteiger partial charge in [0.05, 0.1) is 10.7 Å². The lowest BCUT2D eigenvalue weighted by atomic mass is 10.1. The summed E-state index contributed by atoms with van der Waals surface area (Å²) in [6, 6.07) is 4.38. The summed E-state index contributed by atoms with van der Waals surface area (Å²) in [6.07, 6.45) is 3.29. The lowest BCUT2D eigenvalue weighted by Gasteiger charge is -2.26. The number of hydrogen-bond acceptors (Lipinski definition) is 2. The van der Waals surface area contributed by atoms with E-state index in [1.165, 1.54) is 18.6 Å². The number of urea groups is 1. The molecule has 17 heavy (non-hydrogen) atoms. The van der Waals surface area contributed by atoms with Gasteiger partial charge in [-0.1, -0.05) is 11.6 Å². The Labute approximate surface area is 105 Å². The zero-order chi connectivity index (χ0) is 12.3. The average Bonchev–Trinajstić information content (AvgIpc) is 2.34. The molecular formula is C12H15ClN2O2. The van der Waals surface area contributed by atoms with Gasteiger partial charge in [-0.15, -0.1) is 0 Å². The van der Waals surface area contributed by atoms with Gasteiger partial charge in [0, 0.05) is 19.2 Å². The second-order valence-corrected chi connectivity index (χ2v) is 4.55. The highest BCUT2D eigenvalue weighted by molar-refractivity contribution is 6.33. The number of hydrogen-bond donors (Lipinski definition) is 2. The van der Waals surface area contributed by atoms with E-state index in [1.54, 1.807) is 11.0 Å². The first-order valence-corrected chi connectivity index (χ1v) is 6.09. The molecule has 1 heterocycles. The van der Waals surface area contributed by atoms with Gasteiger partial charge in [-0.2, -0.15) is 0 Å². The third-order valence-electron chi connectivity index (χ3n) is 2.84. The summed E-state index contributed by atoms with van der Waals surface area (Å²) in [4.78, 5) is 13.7. The number of anilines is 1. The van der Waals surface area contributed by atoms with Crippen molar-refractivity contribution < 1.29 is 9.90 Å². The summed E-state index contributed by atoms with van der Waals surface area (Å²) in [5.74, 6) is 0.0889. The number of likely N-dealkylation sites (tertiary alicyclic amines) is 1. The van der Waals surface area contributed by atoms with Crippen LogP contribution in [0.25, 0.3) is 0 Å². The molecule has 1 saturated heterocycles. The maximum atomic E-state index is 11.9. The minimum Gasteiger partial charge on any atom is -0.508 e. The lowest BCUT2D eigenvalue weighted by Crippen LogP contribution is -2.38. The number of carbonyl (C=O) groups excluding carboxylic acids is 1. The number of nitrogens with zero attached hydrogens (tertiary/aromatic N) is 1. The predicted octanol–water partition coefficient (Wildman–Crippen LogP) is 3.06. The van der Waals surface area contributed by atoms with Crippen LogP contribution < -0.4 is 5.32 Å². The summed E-state index contributed by atoms with van der Waals surface area (Å²) in [6.45, 7) is 1.59. The fraction of sp³-hybridized carbons (Fsp3) is 0.417. The number of piperidine rings is 1. The highest BCUT2D eigenvalue weighted by Gasteiger charge is 2.17. The van der Waals surface area contributed by atoms with Crippen molar-refractivity contribution >= 4 is 23.3 Å². The monoisotopic (exact) mass is 254 g/mol. The zero-order valence-corrected chi connectivity index (χ0v) is 10.2. The number of benzene rings is 1. The van der Waals surface area contributed by atoms with E-state index in [2.05, 4.69) is 5.32 Å². The lowest BCUT2D eigenvalue weighted by molar-refractivity contribution is 0.200. The topological polar surface area (TPSA) is 52.6 Å². The third-order valence-corrected chi connectivity index (χ3v) is 3.15. The Morgan fingerprint density at radius 1 is 1.29 bits per heavy atom. The fourth-order valence-electron chi connectivity index (χ4n) is 1.90. The van der Waals surface area contributed by atoms with Gasteiger partial charge in [0.15, 0.2) is 0 Å². The molecule has 1 aliphatic heterocycles. The Morgan fingerprint density at radius 3 is 2.65 bits per heavy atom. The SMILES string of the molecule is O=C(Nc1ccc(O)cc1Cl)N1CCCCC1. The summed E-state index contributed by atoms with van der Waals surface area (Å²) in [7, 11) is 0. The van der Waals surface area contributed by atoms with Gasteiger partial charge in [-0.3, -0.25) is 0 Å². The summed E-state index contributed by atoms with van der Waals surface area (Å²) in [5, 5.41) is 12.3.